The molecular weight excluding hydrogens is 352 g/mol. The Labute approximate surface area is 137 Å². The fourth-order valence-corrected chi connectivity index (χ4v) is 2.77. The Bertz CT molecular complexity index is 769. The number of aryl methyl sites for hydroxylation is 1. The predicted octanol–water partition coefficient (Wildman–Crippen LogP) is 4.27. The Balaban J connectivity index is 0.00000161. The minimum atomic E-state index is 0. The van der Waals surface area contributed by atoms with Crippen molar-refractivity contribution in [3.8, 4) is 11.3 Å². The Morgan fingerprint density at radius 2 is 2.10 bits per heavy atom. The van der Waals surface area contributed by atoms with E-state index in [0.717, 1.165) is 28.7 Å². The smallest absolute Gasteiger partial charge is 0.220 e. The van der Waals surface area contributed by atoms with Crippen LogP contribution in [0.3, 0.4) is 0 Å². The van der Waals surface area contributed by atoms with E-state index < -0.39 is 0 Å². The Hall–Kier alpha value is -1.59. The van der Waals surface area contributed by atoms with Crippen LogP contribution in [0.2, 0.25) is 0 Å². The molecule has 0 atom stereocenters. The van der Waals surface area contributed by atoms with E-state index in [1.807, 2.05) is 12.1 Å². The summed E-state index contributed by atoms with van der Waals surface area (Å²) in [6.45, 7) is 3.15. The zero-order valence-electron chi connectivity index (χ0n) is 11.6. The van der Waals surface area contributed by atoms with Gasteiger partial charge in [-0.15, -0.1) is 12.4 Å². The standard InChI is InChI=1S/C15H15BrN4.ClH/c1-2-7-20-9-12(13-5-6-18-15(17)19-13)11-4-3-10(16)8-14(11)20;/h3-6,8-9H,2,7H2,1H3,(H2,17,18,19);1H. The molecule has 1 aromatic carbocycles. The van der Waals surface area contributed by atoms with Crippen molar-refractivity contribution in [2.24, 2.45) is 0 Å². The van der Waals surface area contributed by atoms with Gasteiger partial charge in [0.15, 0.2) is 0 Å². The van der Waals surface area contributed by atoms with Crippen molar-refractivity contribution in [1.29, 1.82) is 0 Å². The summed E-state index contributed by atoms with van der Waals surface area (Å²) in [6.07, 6.45) is 4.92. The summed E-state index contributed by atoms with van der Waals surface area (Å²) in [5.41, 5.74) is 8.85. The van der Waals surface area contributed by atoms with Crippen LogP contribution >= 0.6 is 28.3 Å². The first-order valence-corrected chi connectivity index (χ1v) is 7.35. The van der Waals surface area contributed by atoms with Crippen LogP contribution in [0.15, 0.2) is 41.1 Å². The fourth-order valence-electron chi connectivity index (χ4n) is 2.42. The lowest BCUT2D eigenvalue weighted by Gasteiger charge is -2.02. The molecule has 0 radical (unpaired) electrons. The molecule has 0 unspecified atom stereocenters. The van der Waals surface area contributed by atoms with Crippen LogP contribution in [0.4, 0.5) is 5.95 Å². The third-order valence-electron chi connectivity index (χ3n) is 3.26. The highest BCUT2D eigenvalue weighted by Gasteiger charge is 2.11. The van der Waals surface area contributed by atoms with Crippen LogP contribution in [-0.4, -0.2) is 14.5 Å². The fraction of sp³-hybridized carbons (Fsp3) is 0.200. The van der Waals surface area contributed by atoms with E-state index in [2.05, 4.69) is 55.7 Å². The average Bonchev–Trinajstić information content (AvgIpc) is 2.78. The lowest BCUT2D eigenvalue weighted by atomic mass is 10.1. The van der Waals surface area contributed by atoms with Crippen LogP contribution < -0.4 is 5.73 Å². The molecule has 6 heteroatoms. The monoisotopic (exact) mass is 366 g/mol. The lowest BCUT2D eigenvalue weighted by Crippen LogP contribution is -1.95. The summed E-state index contributed by atoms with van der Waals surface area (Å²) in [7, 11) is 0. The number of halogens is 2. The summed E-state index contributed by atoms with van der Waals surface area (Å²) < 4.78 is 3.34. The number of hydrogen-bond acceptors (Lipinski definition) is 3. The van der Waals surface area contributed by atoms with Gasteiger partial charge in [0, 0.05) is 39.9 Å². The van der Waals surface area contributed by atoms with Crippen LogP contribution in [-0.2, 0) is 6.54 Å². The number of fused-ring (bicyclic) bond motifs is 1. The summed E-state index contributed by atoms with van der Waals surface area (Å²) in [4.78, 5) is 8.29. The molecule has 21 heavy (non-hydrogen) atoms. The highest BCUT2D eigenvalue weighted by atomic mass is 79.9. The van der Waals surface area contributed by atoms with E-state index >= 15 is 0 Å². The number of benzene rings is 1. The van der Waals surface area contributed by atoms with Gasteiger partial charge in [-0.05, 0) is 24.6 Å². The highest BCUT2D eigenvalue weighted by molar-refractivity contribution is 9.10. The minimum Gasteiger partial charge on any atom is -0.368 e. The largest absolute Gasteiger partial charge is 0.368 e. The van der Waals surface area contributed by atoms with Crippen LogP contribution in [0.25, 0.3) is 22.2 Å². The molecule has 0 aliphatic carbocycles. The molecule has 0 aliphatic heterocycles. The second-order valence-corrected chi connectivity index (χ2v) is 5.61. The highest BCUT2D eigenvalue weighted by Crippen LogP contribution is 2.31. The molecule has 2 N–H and O–H groups in total. The van der Waals surface area contributed by atoms with E-state index in [9.17, 15) is 0 Å². The van der Waals surface area contributed by atoms with Crippen molar-refractivity contribution in [3.05, 3.63) is 41.1 Å². The second kappa shape index (κ2) is 6.45. The first-order valence-electron chi connectivity index (χ1n) is 6.56. The Morgan fingerprint density at radius 1 is 1.29 bits per heavy atom. The van der Waals surface area contributed by atoms with Gasteiger partial charge in [0.05, 0.1) is 5.69 Å². The average molecular weight is 368 g/mol. The van der Waals surface area contributed by atoms with Gasteiger partial charge in [0.25, 0.3) is 0 Å². The van der Waals surface area contributed by atoms with E-state index in [-0.39, 0.29) is 12.4 Å². The van der Waals surface area contributed by atoms with Crippen molar-refractivity contribution < 1.29 is 0 Å². The summed E-state index contributed by atoms with van der Waals surface area (Å²) >= 11 is 3.54. The van der Waals surface area contributed by atoms with Crippen molar-refractivity contribution in [3.63, 3.8) is 0 Å². The third-order valence-corrected chi connectivity index (χ3v) is 3.75. The van der Waals surface area contributed by atoms with Gasteiger partial charge in [0.2, 0.25) is 5.95 Å². The number of anilines is 1. The first-order chi connectivity index (χ1) is 9.69. The van der Waals surface area contributed by atoms with Crippen molar-refractivity contribution >= 4 is 45.2 Å². The molecule has 2 aromatic heterocycles. The number of aromatic nitrogens is 3. The van der Waals surface area contributed by atoms with Crippen molar-refractivity contribution in [1.82, 2.24) is 14.5 Å². The second-order valence-electron chi connectivity index (χ2n) is 4.70. The molecule has 3 rings (SSSR count). The molecule has 4 nitrogen and oxygen atoms in total. The van der Waals surface area contributed by atoms with Crippen LogP contribution in [0.1, 0.15) is 13.3 Å². The topological polar surface area (TPSA) is 56.7 Å². The van der Waals surface area contributed by atoms with Crippen LogP contribution in [0.5, 0.6) is 0 Å². The van der Waals surface area contributed by atoms with Crippen molar-refractivity contribution in [2.75, 3.05) is 5.73 Å². The van der Waals surface area contributed by atoms with Crippen molar-refractivity contribution in [2.45, 2.75) is 19.9 Å². The number of nitrogen functional groups attached to an aromatic ring is 1. The van der Waals surface area contributed by atoms with E-state index in [1.54, 1.807) is 6.20 Å². The predicted molar refractivity (Wildman–Crippen MR) is 92.6 cm³/mol. The molecule has 0 bridgehead atoms. The lowest BCUT2D eigenvalue weighted by molar-refractivity contribution is 0.704. The molecule has 3 aromatic rings. The van der Waals surface area contributed by atoms with Gasteiger partial charge >= 0.3 is 0 Å². The molecule has 0 spiro atoms. The molecule has 0 saturated carbocycles. The minimum absolute atomic E-state index is 0. The first kappa shape index (κ1) is 15.8. The summed E-state index contributed by atoms with van der Waals surface area (Å²) in [5.74, 6) is 0.302. The zero-order chi connectivity index (χ0) is 14.1. The maximum absolute atomic E-state index is 5.69. The Kier molecular flexibility index (Phi) is 4.85. The molecule has 0 fully saturated rings. The summed E-state index contributed by atoms with van der Waals surface area (Å²) in [5, 5.41) is 1.18. The van der Waals surface area contributed by atoms with Crippen LogP contribution in [0, 0.1) is 0 Å². The third kappa shape index (κ3) is 3.04. The van der Waals surface area contributed by atoms with E-state index in [0.29, 0.717) is 5.95 Å². The number of rotatable bonds is 3. The zero-order valence-corrected chi connectivity index (χ0v) is 14.0. The van der Waals surface area contributed by atoms with E-state index in [1.165, 1.54) is 10.9 Å². The molecule has 2 heterocycles. The number of nitrogens with zero attached hydrogens (tertiary/aromatic N) is 3. The van der Waals surface area contributed by atoms with Gasteiger partial charge in [-0.3, -0.25) is 0 Å². The SMILES string of the molecule is CCCn1cc(-c2ccnc(N)n2)c2ccc(Br)cc21.Cl. The number of nitrogens with two attached hydrogens (primary N) is 1. The van der Waals surface area contributed by atoms with Gasteiger partial charge in [-0.2, -0.15) is 0 Å². The van der Waals surface area contributed by atoms with E-state index in [4.69, 9.17) is 5.73 Å². The van der Waals surface area contributed by atoms with Gasteiger partial charge in [-0.1, -0.05) is 28.9 Å². The van der Waals surface area contributed by atoms with Gasteiger partial charge < -0.3 is 10.3 Å². The maximum Gasteiger partial charge on any atom is 0.220 e. The normalized spacial score (nSPS) is 10.6. The molecule has 0 aliphatic rings. The number of hydrogen-bond donors (Lipinski definition) is 1. The molecular formula is C15H16BrClN4. The van der Waals surface area contributed by atoms with Gasteiger partial charge in [0.1, 0.15) is 0 Å². The Morgan fingerprint density at radius 3 is 2.81 bits per heavy atom. The van der Waals surface area contributed by atoms with Gasteiger partial charge in [-0.25, -0.2) is 9.97 Å². The quantitative estimate of drug-likeness (QED) is 0.752. The summed E-state index contributed by atoms with van der Waals surface area (Å²) in [6, 6.07) is 8.19. The molecule has 0 amide bonds. The maximum atomic E-state index is 5.69. The molecule has 0 saturated heterocycles. The molecule has 110 valence electrons.